The molecule has 114 valence electrons. The summed E-state index contributed by atoms with van der Waals surface area (Å²) >= 11 is 0. The van der Waals surface area contributed by atoms with Crippen LogP contribution in [0.25, 0.3) is 0 Å². The molecular weight excluding hydrogens is 260 g/mol. The van der Waals surface area contributed by atoms with Gasteiger partial charge in [0.05, 0.1) is 5.41 Å². The number of allylic oxidation sites excluding steroid dienone is 1. The SMILES string of the molecule is CC(C)CCCC(C)CCCC(C)/C=C/S(=O)(=O)O. The average Bonchev–Trinajstić information content (AvgIpc) is 2.25. The molecule has 2 unspecified atom stereocenters. The first-order valence-corrected chi connectivity index (χ1v) is 8.86. The number of rotatable bonds is 10. The summed E-state index contributed by atoms with van der Waals surface area (Å²) in [5.74, 6) is 1.74. The van der Waals surface area contributed by atoms with Crippen molar-refractivity contribution in [3.63, 3.8) is 0 Å². The molecule has 0 saturated carbocycles. The van der Waals surface area contributed by atoms with Gasteiger partial charge in [-0.05, 0) is 24.2 Å². The van der Waals surface area contributed by atoms with Gasteiger partial charge in [-0.1, -0.05) is 65.9 Å². The Morgan fingerprint density at radius 3 is 1.95 bits per heavy atom. The Balaban J connectivity index is 3.70. The smallest absolute Gasteiger partial charge is 0.282 e. The lowest BCUT2D eigenvalue weighted by Gasteiger charge is -2.13. The van der Waals surface area contributed by atoms with E-state index >= 15 is 0 Å². The lowest BCUT2D eigenvalue weighted by atomic mass is 9.93. The van der Waals surface area contributed by atoms with Gasteiger partial charge in [0.2, 0.25) is 0 Å². The molecule has 0 fully saturated rings. The van der Waals surface area contributed by atoms with E-state index in [1.165, 1.54) is 25.7 Å². The monoisotopic (exact) mass is 290 g/mol. The van der Waals surface area contributed by atoms with Crippen molar-refractivity contribution in [3.05, 3.63) is 11.5 Å². The van der Waals surface area contributed by atoms with Crippen molar-refractivity contribution in [3.8, 4) is 0 Å². The van der Waals surface area contributed by atoms with Crippen LogP contribution in [0.2, 0.25) is 0 Å². The van der Waals surface area contributed by atoms with Crippen molar-refractivity contribution in [2.45, 2.75) is 66.2 Å². The summed E-state index contributed by atoms with van der Waals surface area (Å²) in [6, 6.07) is 0. The van der Waals surface area contributed by atoms with Crippen LogP contribution in [0.3, 0.4) is 0 Å². The van der Waals surface area contributed by atoms with Crippen LogP contribution in [-0.4, -0.2) is 13.0 Å². The molecule has 0 aromatic rings. The Kier molecular flexibility index (Phi) is 9.36. The summed E-state index contributed by atoms with van der Waals surface area (Å²) in [4.78, 5) is 0. The van der Waals surface area contributed by atoms with Crippen molar-refractivity contribution < 1.29 is 13.0 Å². The van der Waals surface area contributed by atoms with Crippen LogP contribution in [0.4, 0.5) is 0 Å². The van der Waals surface area contributed by atoms with E-state index in [0.29, 0.717) is 0 Å². The first-order valence-electron chi connectivity index (χ1n) is 7.36. The molecule has 0 aliphatic carbocycles. The number of hydrogen-bond donors (Lipinski definition) is 1. The summed E-state index contributed by atoms with van der Waals surface area (Å²) in [5.41, 5.74) is 0. The van der Waals surface area contributed by atoms with E-state index in [9.17, 15) is 8.42 Å². The lowest BCUT2D eigenvalue weighted by molar-refractivity contribution is 0.413. The van der Waals surface area contributed by atoms with Gasteiger partial charge in [0.1, 0.15) is 0 Å². The average molecular weight is 290 g/mol. The quantitative estimate of drug-likeness (QED) is 0.595. The van der Waals surface area contributed by atoms with E-state index in [1.807, 2.05) is 6.92 Å². The molecule has 0 bridgehead atoms. The molecule has 0 aromatic carbocycles. The van der Waals surface area contributed by atoms with E-state index in [-0.39, 0.29) is 5.92 Å². The fourth-order valence-electron chi connectivity index (χ4n) is 2.14. The molecule has 3 nitrogen and oxygen atoms in total. The maximum Gasteiger partial charge on any atom is 0.287 e. The minimum atomic E-state index is -3.96. The molecule has 0 aromatic heterocycles. The van der Waals surface area contributed by atoms with Crippen LogP contribution < -0.4 is 0 Å². The van der Waals surface area contributed by atoms with E-state index in [1.54, 1.807) is 6.08 Å². The highest BCUT2D eigenvalue weighted by atomic mass is 32.2. The van der Waals surface area contributed by atoms with Gasteiger partial charge in [-0.25, -0.2) is 0 Å². The predicted octanol–water partition coefficient (Wildman–Crippen LogP) is 4.66. The molecule has 4 heteroatoms. The van der Waals surface area contributed by atoms with Crippen LogP contribution in [0, 0.1) is 17.8 Å². The summed E-state index contributed by atoms with van der Waals surface area (Å²) < 4.78 is 29.7. The van der Waals surface area contributed by atoms with Gasteiger partial charge < -0.3 is 0 Å². The van der Waals surface area contributed by atoms with Gasteiger partial charge >= 0.3 is 0 Å². The second-order valence-electron chi connectivity index (χ2n) is 6.18. The van der Waals surface area contributed by atoms with E-state index in [0.717, 1.165) is 30.1 Å². The Morgan fingerprint density at radius 2 is 1.47 bits per heavy atom. The Bertz CT molecular complexity index is 344. The molecule has 0 heterocycles. The fraction of sp³-hybridized carbons (Fsp3) is 0.867. The zero-order valence-electron chi connectivity index (χ0n) is 12.8. The van der Waals surface area contributed by atoms with Crippen LogP contribution in [0.15, 0.2) is 11.5 Å². The topological polar surface area (TPSA) is 54.4 Å². The standard InChI is InChI=1S/C15H30O3S/c1-13(2)7-5-8-14(3)9-6-10-15(4)11-12-19(16,17)18/h11-15H,5-10H2,1-4H3,(H,16,17,18)/b12-11+. The van der Waals surface area contributed by atoms with Crippen LogP contribution in [0.5, 0.6) is 0 Å². The van der Waals surface area contributed by atoms with E-state index < -0.39 is 10.1 Å². The number of hydrogen-bond acceptors (Lipinski definition) is 2. The molecule has 0 radical (unpaired) electrons. The Labute approximate surface area is 119 Å². The largest absolute Gasteiger partial charge is 0.287 e. The molecule has 0 rings (SSSR count). The van der Waals surface area contributed by atoms with E-state index in [4.69, 9.17) is 4.55 Å². The fourth-order valence-corrected chi connectivity index (χ4v) is 2.60. The highest BCUT2D eigenvalue weighted by Crippen LogP contribution is 2.19. The molecule has 0 aliphatic rings. The molecule has 19 heavy (non-hydrogen) atoms. The molecule has 0 amide bonds. The molecule has 1 N–H and O–H groups in total. The second kappa shape index (κ2) is 9.54. The van der Waals surface area contributed by atoms with Gasteiger partial charge in [0.25, 0.3) is 10.1 Å². The molecule has 0 aliphatic heterocycles. The minimum absolute atomic E-state index is 0.199. The van der Waals surface area contributed by atoms with Gasteiger partial charge in [-0.3, -0.25) is 4.55 Å². The zero-order chi connectivity index (χ0) is 14.9. The van der Waals surface area contributed by atoms with Crippen LogP contribution in [0.1, 0.15) is 66.2 Å². The van der Waals surface area contributed by atoms with Crippen molar-refractivity contribution in [2.24, 2.45) is 17.8 Å². The van der Waals surface area contributed by atoms with Gasteiger partial charge in [-0.15, -0.1) is 0 Å². The third-order valence-corrected chi connectivity index (χ3v) is 3.91. The first kappa shape index (κ1) is 18.7. The summed E-state index contributed by atoms with van der Waals surface area (Å²) in [5, 5.41) is 0.893. The third-order valence-electron chi connectivity index (χ3n) is 3.41. The van der Waals surface area contributed by atoms with Crippen molar-refractivity contribution in [1.29, 1.82) is 0 Å². The normalized spacial score (nSPS) is 16.1. The molecule has 0 spiro atoms. The zero-order valence-corrected chi connectivity index (χ0v) is 13.6. The highest BCUT2D eigenvalue weighted by Gasteiger charge is 2.05. The Morgan fingerprint density at radius 1 is 0.947 bits per heavy atom. The molecular formula is C15H30O3S. The molecule has 2 atom stereocenters. The second-order valence-corrected chi connectivity index (χ2v) is 7.48. The maximum absolute atomic E-state index is 10.6. The first-order chi connectivity index (χ1) is 8.70. The summed E-state index contributed by atoms with van der Waals surface area (Å²) in [7, 11) is -3.96. The van der Waals surface area contributed by atoms with E-state index in [2.05, 4.69) is 20.8 Å². The minimum Gasteiger partial charge on any atom is -0.282 e. The van der Waals surface area contributed by atoms with Crippen molar-refractivity contribution >= 4 is 10.1 Å². The Hall–Kier alpha value is -0.350. The lowest BCUT2D eigenvalue weighted by Crippen LogP contribution is -1.99. The highest BCUT2D eigenvalue weighted by molar-refractivity contribution is 7.88. The van der Waals surface area contributed by atoms with Crippen molar-refractivity contribution in [1.82, 2.24) is 0 Å². The van der Waals surface area contributed by atoms with Crippen LogP contribution >= 0.6 is 0 Å². The molecule has 0 saturated heterocycles. The third kappa shape index (κ3) is 13.9. The summed E-state index contributed by atoms with van der Waals surface area (Å²) in [6.07, 6.45) is 8.74. The predicted molar refractivity (Wildman–Crippen MR) is 81.6 cm³/mol. The van der Waals surface area contributed by atoms with Gasteiger partial charge in [0, 0.05) is 0 Å². The maximum atomic E-state index is 10.6. The van der Waals surface area contributed by atoms with Crippen LogP contribution in [-0.2, 0) is 10.1 Å². The van der Waals surface area contributed by atoms with Crippen molar-refractivity contribution in [2.75, 3.05) is 0 Å². The van der Waals surface area contributed by atoms with Gasteiger partial charge in [0.15, 0.2) is 0 Å². The van der Waals surface area contributed by atoms with Gasteiger partial charge in [-0.2, -0.15) is 8.42 Å². The summed E-state index contributed by atoms with van der Waals surface area (Å²) in [6.45, 7) is 8.78.